The monoisotopic (exact) mass is 265 g/mol. The fraction of sp³-hybridized carbons (Fsp3) is 0.615. The van der Waals surface area contributed by atoms with Crippen LogP contribution >= 0.6 is 11.6 Å². The van der Waals surface area contributed by atoms with Crippen LogP contribution in [-0.4, -0.2) is 22.4 Å². The van der Waals surface area contributed by atoms with Gasteiger partial charge in [-0.05, 0) is 37.0 Å². The van der Waals surface area contributed by atoms with E-state index in [1.54, 1.807) is 0 Å². The largest absolute Gasteiger partial charge is 0.350 e. The zero-order valence-corrected chi connectivity index (χ0v) is 10.9. The molecule has 1 amide bonds. The Kier molecular flexibility index (Phi) is 3.20. The molecule has 1 heterocycles. The molecule has 0 radical (unpaired) electrons. The lowest BCUT2D eigenvalue weighted by Gasteiger charge is -2.21. The fourth-order valence-electron chi connectivity index (χ4n) is 3.39. The number of halogens is 1. The minimum Gasteiger partial charge on any atom is -0.350 e. The molecule has 5 heteroatoms. The number of amides is 1. The van der Waals surface area contributed by atoms with Crippen LogP contribution in [0.5, 0.6) is 0 Å². The number of carbonyl (C=O) groups excluding carboxylic acids is 1. The number of aromatic nitrogens is 2. The molecule has 3 unspecified atom stereocenters. The SMILES string of the molecule is O=C(NCC1CC2CCC1C2)c1cncc(Cl)n1. The van der Waals surface area contributed by atoms with E-state index in [0.29, 0.717) is 11.6 Å². The minimum absolute atomic E-state index is 0.173. The fourth-order valence-corrected chi connectivity index (χ4v) is 3.54. The molecule has 0 aliphatic heterocycles. The number of hydrogen-bond acceptors (Lipinski definition) is 3. The van der Waals surface area contributed by atoms with Gasteiger partial charge in [0.1, 0.15) is 10.8 Å². The standard InChI is InChI=1S/C13H16ClN3O/c14-12-7-15-6-11(17-12)13(18)16-5-10-4-8-1-2-9(10)3-8/h6-10H,1-5H2,(H,16,18). The van der Waals surface area contributed by atoms with E-state index in [1.165, 1.54) is 38.1 Å². The summed E-state index contributed by atoms with van der Waals surface area (Å²) in [5.74, 6) is 2.20. The number of rotatable bonds is 3. The molecule has 1 aromatic heterocycles. The van der Waals surface area contributed by atoms with Gasteiger partial charge in [0.25, 0.3) is 5.91 Å². The van der Waals surface area contributed by atoms with Crippen molar-refractivity contribution in [3.05, 3.63) is 23.2 Å². The van der Waals surface area contributed by atoms with Crippen LogP contribution in [0.2, 0.25) is 5.15 Å². The number of nitrogens with one attached hydrogen (secondary N) is 1. The average molecular weight is 266 g/mol. The lowest BCUT2D eigenvalue weighted by atomic mass is 9.89. The van der Waals surface area contributed by atoms with Gasteiger partial charge in [-0.15, -0.1) is 0 Å². The molecule has 96 valence electrons. The third-order valence-corrected chi connectivity index (χ3v) is 4.43. The van der Waals surface area contributed by atoms with Crippen LogP contribution in [0.15, 0.2) is 12.4 Å². The second-order valence-corrected chi connectivity index (χ2v) is 5.76. The van der Waals surface area contributed by atoms with E-state index < -0.39 is 0 Å². The maximum absolute atomic E-state index is 11.9. The van der Waals surface area contributed by atoms with Crippen molar-refractivity contribution in [1.82, 2.24) is 15.3 Å². The molecular weight excluding hydrogens is 250 g/mol. The first-order chi connectivity index (χ1) is 8.72. The summed E-state index contributed by atoms with van der Waals surface area (Å²) in [7, 11) is 0. The quantitative estimate of drug-likeness (QED) is 0.912. The smallest absolute Gasteiger partial charge is 0.271 e. The van der Waals surface area contributed by atoms with Gasteiger partial charge in [-0.1, -0.05) is 18.0 Å². The average Bonchev–Trinajstić information content (AvgIpc) is 2.98. The van der Waals surface area contributed by atoms with Gasteiger partial charge < -0.3 is 5.32 Å². The van der Waals surface area contributed by atoms with Crippen LogP contribution in [0.25, 0.3) is 0 Å². The van der Waals surface area contributed by atoms with Crippen LogP contribution in [0.1, 0.15) is 36.2 Å². The Labute approximate surface area is 111 Å². The van der Waals surface area contributed by atoms with E-state index in [4.69, 9.17) is 11.6 Å². The molecular formula is C13H16ClN3O. The molecule has 18 heavy (non-hydrogen) atoms. The Morgan fingerprint density at radius 3 is 2.94 bits per heavy atom. The molecule has 3 atom stereocenters. The number of nitrogens with zero attached hydrogens (tertiary/aromatic N) is 2. The van der Waals surface area contributed by atoms with E-state index in [1.807, 2.05) is 0 Å². The van der Waals surface area contributed by atoms with Gasteiger partial charge in [-0.25, -0.2) is 4.98 Å². The summed E-state index contributed by atoms with van der Waals surface area (Å²) in [6.07, 6.45) is 8.22. The second-order valence-electron chi connectivity index (χ2n) is 5.37. The number of hydrogen-bond donors (Lipinski definition) is 1. The van der Waals surface area contributed by atoms with E-state index in [-0.39, 0.29) is 11.1 Å². The molecule has 0 spiro atoms. The molecule has 0 saturated heterocycles. The molecule has 2 fully saturated rings. The Hall–Kier alpha value is -1.16. The predicted molar refractivity (Wildman–Crippen MR) is 68.3 cm³/mol. The minimum atomic E-state index is -0.173. The number of fused-ring (bicyclic) bond motifs is 2. The summed E-state index contributed by atoms with van der Waals surface area (Å²) in [5, 5.41) is 3.21. The zero-order valence-electron chi connectivity index (χ0n) is 10.1. The van der Waals surface area contributed by atoms with E-state index >= 15 is 0 Å². The first kappa shape index (κ1) is 11.9. The van der Waals surface area contributed by atoms with Gasteiger partial charge in [-0.2, -0.15) is 0 Å². The molecule has 2 saturated carbocycles. The molecule has 1 aromatic rings. The third-order valence-electron chi connectivity index (χ3n) is 4.25. The van der Waals surface area contributed by atoms with Crippen LogP contribution in [0.3, 0.4) is 0 Å². The molecule has 0 aromatic carbocycles. The van der Waals surface area contributed by atoms with Crippen LogP contribution in [-0.2, 0) is 0 Å². The normalized spacial score (nSPS) is 29.5. The highest BCUT2D eigenvalue weighted by Crippen LogP contribution is 2.47. The van der Waals surface area contributed by atoms with E-state index in [9.17, 15) is 4.79 Å². The van der Waals surface area contributed by atoms with Crippen molar-refractivity contribution in [1.29, 1.82) is 0 Å². The summed E-state index contributed by atoms with van der Waals surface area (Å²) in [6.45, 7) is 0.758. The highest BCUT2D eigenvalue weighted by Gasteiger charge is 2.39. The van der Waals surface area contributed by atoms with Gasteiger partial charge in [0.2, 0.25) is 0 Å². The molecule has 2 aliphatic rings. The van der Waals surface area contributed by atoms with Gasteiger partial charge in [0.05, 0.1) is 12.4 Å². The lowest BCUT2D eigenvalue weighted by Crippen LogP contribution is -2.32. The first-order valence-corrected chi connectivity index (χ1v) is 6.86. The Balaban J connectivity index is 1.56. The van der Waals surface area contributed by atoms with Crippen LogP contribution in [0, 0.1) is 17.8 Å². The van der Waals surface area contributed by atoms with Crippen molar-refractivity contribution in [3.8, 4) is 0 Å². The summed E-state index contributed by atoms with van der Waals surface area (Å²) in [6, 6.07) is 0. The van der Waals surface area contributed by atoms with Crippen molar-refractivity contribution in [2.24, 2.45) is 17.8 Å². The van der Waals surface area contributed by atoms with Gasteiger partial charge in [0.15, 0.2) is 0 Å². The van der Waals surface area contributed by atoms with Crippen LogP contribution in [0.4, 0.5) is 0 Å². The maximum Gasteiger partial charge on any atom is 0.271 e. The summed E-state index contributed by atoms with van der Waals surface area (Å²) < 4.78 is 0. The third kappa shape index (κ3) is 2.34. The van der Waals surface area contributed by atoms with Crippen molar-refractivity contribution in [2.45, 2.75) is 25.7 Å². The van der Waals surface area contributed by atoms with E-state index in [0.717, 1.165) is 18.4 Å². The zero-order chi connectivity index (χ0) is 12.5. The molecule has 4 nitrogen and oxygen atoms in total. The molecule has 3 rings (SSSR count). The van der Waals surface area contributed by atoms with Crippen molar-refractivity contribution in [3.63, 3.8) is 0 Å². The molecule has 2 aliphatic carbocycles. The maximum atomic E-state index is 11.9. The van der Waals surface area contributed by atoms with Crippen molar-refractivity contribution >= 4 is 17.5 Å². The Bertz CT molecular complexity index is 465. The summed E-state index contributed by atoms with van der Waals surface area (Å²) >= 11 is 5.71. The number of carbonyl (C=O) groups is 1. The summed E-state index contributed by atoms with van der Waals surface area (Å²) in [5.41, 5.74) is 0.297. The predicted octanol–water partition coefficient (Wildman–Crippen LogP) is 2.30. The highest BCUT2D eigenvalue weighted by atomic mass is 35.5. The Morgan fingerprint density at radius 1 is 1.39 bits per heavy atom. The Morgan fingerprint density at radius 2 is 2.28 bits per heavy atom. The highest BCUT2D eigenvalue weighted by molar-refractivity contribution is 6.29. The molecule has 1 N–H and O–H groups in total. The first-order valence-electron chi connectivity index (χ1n) is 6.48. The van der Waals surface area contributed by atoms with E-state index in [2.05, 4.69) is 15.3 Å². The lowest BCUT2D eigenvalue weighted by molar-refractivity contribution is 0.0936. The van der Waals surface area contributed by atoms with Gasteiger partial charge in [0, 0.05) is 6.54 Å². The van der Waals surface area contributed by atoms with Gasteiger partial charge in [-0.3, -0.25) is 9.78 Å². The second kappa shape index (κ2) is 4.84. The van der Waals surface area contributed by atoms with Crippen molar-refractivity contribution in [2.75, 3.05) is 6.54 Å². The van der Waals surface area contributed by atoms with Crippen LogP contribution < -0.4 is 5.32 Å². The van der Waals surface area contributed by atoms with Crippen molar-refractivity contribution < 1.29 is 4.79 Å². The topological polar surface area (TPSA) is 54.9 Å². The molecule has 2 bridgehead atoms. The van der Waals surface area contributed by atoms with Gasteiger partial charge >= 0.3 is 0 Å². The summed E-state index contributed by atoms with van der Waals surface area (Å²) in [4.78, 5) is 19.7.